The second-order valence-electron chi connectivity index (χ2n) is 6.84. The normalized spacial score (nSPS) is 12.5. The molecule has 1 unspecified atom stereocenters. The van der Waals surface area contributed by atoms with E-state index in [-0.39, 0.29) is 11.8 Å². The number of carbonyl (C=O) groups excluding carboxylic acids is 1. The van der Waals surface area contributed by atoms with Gasteiger partial charge in [-0.25, -0.2) is 14.6 Å². The van der Waals surface area contributed by atoms with Gasteiger partial charge in [-0.05, 0) is 39.2 Å². The maximum atomic E-state index is 12.8. The predicted molar refractivity (Wildman–Crippen MR) is 96.0 cm³/mol. The van der Waals surface area contributed by atoms with E-state index in [1.54, 1.807) is 29.7 Å². The van der Waals surface area contributed by atoms with Gasteiger partial charge in [0.25, 0.3) is 11.9 Å². The Morgan fingerprint density at radius 2 is 1.84 bits per heavy atom. The molecule has 7 nitrogen and oxygen atoms in total. The van der Waals surface area contributed by atoms with Crippen molar-refractivity contribution >= 4 is 5.91 Å². The number of aliphatic hydroxyl groups is 1. The smallest absolute Gasteiger partial charge is 0.257 e. The van der Waals surface area contributed by atoms with Gasteiger partial charge in [0.1, 0.15) is 0 Å². The van der Waals surface area contributed by atoms with Crippen LogP contribution in [0.15, 0.2) is 12.3 Å². The summed E-state index contributed by atoms with van der Waals surface area (Å²) in [5.41, 5.74) is 2.97. The van der Waals surface area contributed by atoms with Crippen LogP contribution in [-0.2, 0) is 0 Å². The lowest BCUT2D eigenvalue weighted by atomic mass is 10.1. The Morgan fingerprint density at radius 3 is 2.36 bits per heavy atom. The summed E-state index contributed by atoms with van der Waals surface area (Å²) in [6.07, 6.45) is 1.80. The van der Waals surface area contributed by atoms with Crippen LogP contribution in [0.3, 0.4) is 0 Å². The lowest BCUT2D eigenvalue weighted by Crippen LogP contribution is -2.30. The fourth-order valence-electron chi connectivity index (χ4n) is 2.58. The second-order valence-corrected chi connectivity index (χ2v) is 6.84. The number of hydrogen-bond acceptors (Lipinski definition) is 5. The van der Waals surface area contributed by atoms with Crippen molar-refractivity contribution in [2.45, 2.75) is 53.1 Å². The zero-order chi connectivity index (χ0) is 18.7. The van der Waals surface area contributed by atoms with Gasteiger partial charge in [-0.2, -0.15) is 5.10 Å². The number of amides is 1. The molecule has 1 amide bonds. The predicted octanol–water partition coefficient (Wildman–Crippen LogP) is 2.25. The Balaban J connectivity index is 2.38. The van der Waals surface area contributed by atoms with Crippen molar-refractivity contribution in [3.63, 3.8) is 0 Å². The highest BCUT2D eigenvalue weighted by atomic mass is 16.3. The summed E-state index contributed by atoms with van der Waals surface area (Å²) in [7, 11) is 1.74. The van der Waals surface area contributed by atoms with Gasteiger partial charge in [-0.1, -0.05) is 13.8 Å². The van der Waals surface area contributed by atoms with E-state index in [1.807, 2.05) is 33.8 Å². The first-order valence-electron chi connectivity index (χ1n) is 8.54. The van der Waals surface area contributed by atoms with Crippen LogP contribution in [0.2, 0.25) is 0 Å². The first-order valence-corrected chi connectivity index (χ1v) is 8.54. The van der Waals surface area contributed by atoms with Gasteiger partial charge in [0.2, 0.25) is 0 Å². The third-order valence-corrected chi connectivity index (χ3v) is 3.92. The molecule has 0 radical (unpaired) electrons. The van der Waals surface area contributed by atoms with Crippen LogP contribution in [0.5, 0.6) is 0 Å². The highest BCUT2D eigenvalue weighted by molar-refractivity contribution is 5.95. The number of aliphatic hydroxyl groups excluding tert-OH is 1. The van der Waals surface area contributed by atoms with Crippen molar-refractivity contribution < 1.29 is 9.90 Å². The molecule has 0 saturated carbocycles. The third kappa shape index (κ3) is 4.63. The van der Waals surface area contributed by atoms with Crippen LogP contribution >= 0.6 is 0 Å². The number of nitrogens with zero attached hydrogens (tertiary/aromatic N) is 5. The van der Waals surface area contributed by atoms with Crippen molar-refractivity contribution in [1.29, 1.82) is 0 Å². The van der Waals surface area contributed by atoms with E-state index in [0.29, 0.717) is 24.5 Å². The molecule has 2 heterocycles. The molecule has 2 aromatic rings. The summed E-state index contributed by atoms with van der Waals surface area (Å²) >= 11 is 0. The molecule has 0 aromatic carbocycles. The van der Waals surface area contributed by atoms with Gasteiger partial charge >= 0.3 is 0 Å². The first kappa shape index (κ1) is 19.1. The highest BCUT2D eigenvalue weighted by Crippen LogP contribution is 2.20. The van der Waals surface area contributed by atoms with Crippen molar-refractivity contribution in [3.05, 3.63) is 34.9 Å². The van der Waals surface area contributed by atoms with Gasteiger partial charge in [-0.3, -0.25) is 4.79 Å². The summed E-state index contributed by atoms with van der Waals surface area (Å²) in [6, 6.07) is 1.90. The zero-order valence-corrected chi connectivity index (χ0v) is 15.8. The van der Waals surface area contributed by atoms with Gasteiger partial charge in [0, 0.05) is 31.2 Å². The quantitative estimate of drug-likeness (QED) is 0.868. The summed E-state index contributed by atoms with van der Waals surface area (Å²) in [5, 5.41) is 14.0. The molecule has 0 spiro atoms. The van der Waals surface area contributed by atoms with E-state index < -0.39 is 6.10 Å². The van der Waals surface area contributed by atoms with Crippen molar-refractivity contribution in [2.24, 2.45) is 0 Å². The molecule has 0 fully saturated rings. The molecular formula is C18H27N5O2. The summed E-state index contributed by atoms with van der Waals surface area (Å²) in [4.78, 5) is 23.3. The molecule has 0 aliphatic carbocycles. The van der Waals surface area contributed by atoms with Crippen molar-refractivity contribution in [3.8, 4) is 5.95 Å². The molecule has 2 aromatic heterocycles. The summed E-state index contributed by atoms with van der Waals surface area (Å²) in [5.74, 6) is 0.446. The zero-order valence-electron chi connectivity index (χ0n) is 15.8. The molecule has 0 aliphatic rings. The number of aryl methyl sites for hydroxylation is 2. The number of carbonyl (C=O) groups is 1. The lowest BCUT2D eigenvalue weighted by molar-refractivity contribution is 0.0767. The molecule has 136 valence electrons. The van der Waals surface area contributed by atoms with Crippen LogP contribution in [0, 0.1) is 13.8 Å². The molecule has 2 rings (SSSR count). The molecule has 7 heteroatoms. The Kier molecular flexibility index (Phi) is 5.89. The van der Waals surface area contributed by atoms with Gasteiger partial charge in [0.15, 0.2) is 0 Å². The summed E-state index contributed by atoms with van der Waals surface area (Å²) < 4.78 is 1.57. The monoisotopic (exact) mass is 345 g/mol. The summed E-state index contributed by atoms with van der Waals surface area (Å²) in [6.45, 7) is 10.0. The average Bonchev–Trinajstić information content (AvgIpc) is 2.96. The van der Waals surface area contributed by atoms with Crippen LogP contribution in [0.25, 0.3) is 5.95 Å². The molecule has 25 heavy (non-hydrogen) atoms. The van der Waals surface area contributed by atoms with Crippen LogP contribution in [-0.4, -0.2) is 55.4 Å². The first-order chi connectivity index (χ1) is 11.7. The Labute approximate surface area is 148 Å². The maximum absolute atomic E-state index is 12.8. The highest BCUT2D eigenvalue weighted by Gasteiger charge is 2.23. The average molecular weight is 345 g/mol. The van der Waals surface area contributed by atoms with Crippen LogP contribution in [0.4, 0.5) is 0 Å². The number of hydrogen-bond donors (Lipinski definition) is 1. The molecule has 0 saturated heterocycles. The largest absolute Gasteiger partial charge is 0.393 e. The Morgan fingerprint density at radius 1 is 1.24 bits per heavy atom. The minimum Gasteiger partial charge on any atom is -0.393 e. The minimum atomic E-state index is -0.439. The third-order valence-electron chi connectivity index (χ3n) is 3.92. The number of aromatic nitrogens is 4. The van der Waals surface area contributed by atoms with Gasteiger partial charge in [-0.15, -0.1) is 0 Å². The van der Waals surface area contributed by atoms with Gasteiger partial charge in [0.05, 0.1) is 17.4 Å². The fraction of sp³-hybridized carbons (Fsp3) is 0.556. The number of rotatable bonds is 6. The van der Waals surface area contributed by atoms with Gasteiger partial charge < -0.3 is 10.0 Å². The molecule has 0 bridgehead atoms. The van der Waals surface area contributed by atoms with Crippen LogP contribution in [0.1, 0.15) is 60.5 Å². The Hall–Kier alpha value is -2.28. The van der Waals surface area contributed by atoms with E-state index in [1.165, 1.54) is 0 Å². The second kappa shape index (κ2) is 7.74. The van der Waals surface area contributed by atoms with E-state index in [9.17, 15) is 9.90 Å². The van der Waals surface area contributed by atoms with Crippen molar-refractivity contribution in [1.82, 2.24) is 24.6 Å². The van der Waals surface area contributed by atoms with Crippen molar-refractivity contribution in [2.75, 3.05) is 13.6 Å². The minimum absolute atomic E-state index is 0.0938. The van der Waals surface area contributed by atoms with E-state index in [4.69, 9.17) is 0 Å². The maximum Gasteiger partial charge on any atom is 0.257 e. The fourth-order valence-corrected chi connectivity index (χ4v) is 2.58. The standard InChI is InChI=1S/C18H27N5O2/c1-11(2)16-15(17(25)22(6)8-7-14(5)24)10-23(21-16)18-19-12(3)9-13(4)20-18/h9-11,14,24H,7-8H2,1-6H3. The van der Waals surface area contributed by atoms with E-state index in [2.05, 4.69) is 15.1 Å². The lowest BCUT2D eigenvalue weighted by Gasteiger charge is -2.18. The molecule has 0 aliphatic heterocycles. The molecular weight excluding hydrogens is 318 g/mol. The van der Waals surface area contributed by atoms with E-state index >= 15 is 0 Å². The Bertz CT molecular complexity index is 732. The molecule has 1 atom stereocenters. The van der Waals surface area contributed by atoms with Crippen LogP contribution < -0.4 is 0 Å². The topological polar surface area (TPSA) is 84.1 Å². The molecule has 1 N–H and O–H groups in total. The van der Waals surface area contributed by atoms with E-state index in [0.717, 1.165) is 17.1 Å². The SMILES string of the molecule is Cc1cc(C)nc(-n2cc(C(=O)N(C)CCC(C)O)c(C(C)C)n2)n1.